The van der Waals surface area contributed by atoms with E-state index in [2.05, 4.69) is 37.6 Å². The monoisotopic (exact) mass is 513 g/mol. The first-order valence-corrected chi connectivity index (χ1v) is 13.4. The number of anilines is 1. The van der Waals surface area contributed by atoms with Crippen LogP contribution in [0.15, 0.2) is 35.6 Å². The molecular formula is C28H41F2N7. The molecule has 1 aliphatic carbocycles. The van der Waals surface area contributed by atoms with Crippen molar-refractivity contribution in [2.75, 3.05) is 18.4 Å². The first-order chi connectivity index (χ1) is 17.7. The highest BCUT2D eigenvalue weighted by Crippen LogP contribution is 2.34. The van der Waals surface area contributed by atoms with Crippen molar-refractivity contribution in [3.05, 3.63) is 36.3 Å². The topological polar surface area (TPSA) is 79.5 Å². The molecule has 3 aromatic rings. The molecule has 5 rings (SSSR count). The zero-order valence-corrected chi connectivity index (χ0v) is 23.0. The second-order valence-electron chi connectivity index (χ2n) is 9.71. The lowest BCUT2D eigenvalue weighted by Crippen LogP contribution is -2.41. The number of aliphatic imine (C=N–C) groups is 1. The van der Waals surface area contributed by atoms with Crippen molar-refractivity contribution >= 4 is 22.9 Å². The molecule has 0 bridgehead atoms. The maximum atomic E-state index is 13.3. The number of rotatable bonds is 5. The Hall–Kier alpha value is -2.94. The van der Waals surface area contributed by atoms with E-state index in [9.17, 15) is 8.78 Å². The normalized spacial score (nSPS) is 17.1. The summed E-state index contributed by atoms with van der Waals surface area (Å²) in [4.78, 5) is 13.6. The van der Waals surface area contributed by atoms with Crippen LogP contribution in [0.1, 0.15) is 72.4 Å². The highest BCUT2D eigenvalue weighted by molar-refractivity contribution is 5.83. The van der Waals surface area contributed by atoms with Gasteiger partial charge in [0.05, 0.1) is 28.8 Å². The van der Waals surface area contributed by atoms with Crippen LogP contribution in [0, 0.1) is 12.8 Å². The third-order valence-corrected chi connectivity index (χ3v) is 6.59. The number of hydrogen-bond acceptors (Lipinski definition) is 6. The van der Waals surface area contributed by atoms with Gasteiger partial charge in [-0.25, -0.2) is 18.3 Å². The fourth-order valence-corrected chi connectivity index (χ4v) is 4.25. The quantitative estimate of drug-likeness (QED) is 0.365. The van der Waals surface area contributed by atoms with Gasteiger partial charge >= 0.3 is 0 Å². The summed E-state index contributed by atoms with van der Waals surface area (Å²) in [6, 6.07) is 5.83. The van der Waals surface area contributed by atoms with Gasteiger partial charge in [-0.05, 0) is 70.8 Å². The molecule has 9 heteroatoms. The van der Waals surface area contributed by atoms with E-state index in [4.69, 9.17) is 0 Å². The lowest BCUT2D eigenvalue weighted by atomic mass is 9.92. The standard InChI is InChI=1S/C21H24F2N6.C5H11N.C2H6/c1-13(2)25-17-4-5-18(26-14(17)3)16-8-11-29-19(16)12-24-20(28-29)27-15-6-9-21(22,23)10-7-15;1-2-5-3-6-4-5;1-2/h4-5,8,11-12,15H,6-7,9-10H2,1-3H3,(H,27,28);5-6H,2-4H2,1H3;1-2H3. The van der Waals surface area contributed by atoms with Crippen LogP contribution in [0.4, 0.5) is 20.4 Å². The molecule has 2 fully saturated rings. The van der Waals surface area contributed by atoms with Gasteiger partial charge in [0.1, 0.15) is 0 Å². The first-order valence-electron chi connectivity index (χ1n) is 13.4. The molecule has 37 heavy (non-hydrogen) atoms. The SMILES string of the molecule is CC.CC(C)=Nc1ccc(-c2ccn3nc(NC4CCC(F)(F)CC4)ncc23)nc1C.CCC1CNC1. The van der Waals surface area contributed by atoms with Crippen molar-refractivity contribution in [2.45, 2.75) is 85.6 Å². The summed E-state index contributed by atoms with van der Waals surface area (Å²) in [5, 5.41) is 10.9. The summed E-state index contributed by atoms with van der Waals surface area (Å²) in [6.07, 6.45) is 5.59. The largest absolute Gasteiger partial charge is 0.350 e. The molecule has 1 saturated heterocycles. The first kappa shape index (κ1) is 28.6. The van der Waals surface area contributed by atoms with E-state index in [-0.39, 0.29) is 18.9 Å². The summed E-state index contributed by atoms with van der Waals surface area (Å²) < 4.78 is 28.4. The van der Waals surface area contributed by atoms with E-state index in [0.717, 1.165) is 39.8 Å². The molecule has 2 N–H and O–H groups in total. The molecule has 0 unspecified atom stereocenters. The number of halogens is 2. The van der Waals surface area contributed by atoms with E-state index in [0.29, 0.717) is 18.8 Å². The predicted octanol–water partition coefficient (Wildman–Crippen LogP) is 6.84. The number of nitrogens with one attached hydrogen (secondary N) is 2. The molecule has 2 aliphatic rings. The van der Waals surface area contributed by atoms with Crippen molar-refractivity contribution in [3.63, 3.8) is 0 Å². The van der Waals surface area contributed by atoms with Crippen LogP contribution in [0.3, 0.4) is 0 Å². The predicted molar refractivity (Wildman–Crippen MR) is 148 cm³/mol. The molecule has 202 valence electrons. The summed E-state index contributed by atoms with van der Waals surface area (Å²) in [5.41, 5.74) is 5.29. The third-order valence-electron chi connectivity index (χ3n) is 6.59. The number of nitrogens with zero attached hydrogens (tertiary/aromatic N) is 5. The molecule has 0 atom stereocenters. The van der Waals surface area contributed by atoms with E-state index >= 15 is 0 Å². The number of fused-ring (bicyclic) bond motifs is 1. The van der Waals surface area contributed by atoms with Crippen LogP contribution in [0.2, 0.25) is 0 Å². The summed E-state index contributed by atoms with van der Waals surface area (Å²) >= 11 is 0. The van der Waals surface area contributed by atoms with Crippen molar-refractivity contribution in [3.8, 4) is 11.3 Å². The fourth-order valence-electron chi connectivity index (χ4n) is 4.25. The lowest BCUT2D eigenvalue weighted by Gasteiger charge is -2.28. The number of aromatic nitrogens is 4. The maximum absolute atomic E-state index is 13.3. The van der Waals surface area contributed by atoms with Crippen molar-refractivity contribution in [1.82, 2.24) is 24.9 Å². The molecule has 0 aromatic carbocycles. The number of hydrogen-bond donors (Lipinski definition) is 2. The van der Waals surface area contributed by atoms with Gasteiger partial charge in [-0.1, -0.05) is 27.2 Å². The molecular weight excluding hydrogens is 472 g/mol. The highest BCUT2D eigenvalue weighted by atomic mass is 19.3. The Morgan fingerprint density at radius 3 is 2.41 bits per heavy atom. The van der Waals surface area contributed by atoms with Crippen molar-refractivity contribution in [1.29, 1.82) is 0 Å². The van der Waals surface area contributed by atoms with Gasteiger partial charge in [-0.15, -0.1) is 5.10 Å². The second kappa shape index (κ2) is 13.0. The molecule has 3 aromatic heterocycles. The molecule has 1 saturated carbocycles. The van der Waals surface area contributed by atoms with Gasteiger partial charge < -0.3 is 10.6 Å². The molecule has 7 nitrogen and oxygen atoms in total. The van der Waals surface area contributed by atoms with E-state index in [1.807, 2.05) is 59.0 Å². The number of aryl methyl sites for hydroxylation is 1. The fraction of sp³-hybridized carbons (Fsp3) is 0.571. The minimum atomic E-state index is -2.54. The lowest BCUT2D eigenvalue weighted by molar-refractivity contribution is -0.0361. The summed E-state index contributed by atoms with van der Waals surface area (Å²) in [5.74, 6) is -1.09. The van der Waals surface area contributed by atoms with Crippen LogP contribution in [-0.2, 0) is 0 Å². The van der Waals surface area contributed by atoms with E-state index in [1.54, 1.807) is 10.7 Å². The van der Waals surface area contributed by atoms with Gasteiger partial charge in [0.25, 0.3) is 0 Å². The Bertz CT molecular complexity index is 1170. The third kappa shape index (κ3) is 7.77. The summed E-state index contributed by atoms with van der Waals surface area (Å²) in [6.45, 7) is 14.6. The van der Waals surface area contributed by atoms with Gasteiger partial charge in [0, 0.05) is 36.4 Å². The number of alkyl halides is 2. The minimum Gasteiger partial charge on any atom is -0.350 e. The molecule has 0 amide bonds. The van der Waals surface area contributed by atoms with Gasteiger partial charge in [-0.3, -0.25) is 9.98 Å². The maximum Gasteiger partial charge on any atom is 0.248 e. The second-order valence-corrected chi connectivity index (χ2v) is 9.71. The highest BCUT2D eigenvalue weighted by Gasteiger charge is 2.35. The number of pyridine rings is 1. The van der Waals surface area contributed by atoms with Crippen LogP contribution in [-0.4, -0.2) is 50.3 Å². The Balaban J connectivity index is 0.000000412. The van der Waals surface area contributed by atoms with E-state index < -0.39 is 5.92 Å². The van der Waals surface area contributed by atoms with Crippen LogP contribution in [0.5, 0.6) is 0 Å². The zero-order valence-electron chi connectivity index (χ0n) is 23.0. The Morgan fingerprint density at radius 1 is 1.16 bits per heavy atom. The van der Waals surface area contributed by atoms with Gasteiger partial charge in [0.15, 0.2) is 0 Å². The Labute approximate surface area is 219 Å². The minimum absolute atomic E-state index is 0.0263. The molecule has 0 radical (unpaired) electrons. The van der Waals surface area contributed by atoms with Crippen molar-refractivity contribution < 1.29 is 8.78 Å². The van der Waals surface area contributed by atoms with Gasteiger partial charge in [0.2, 0.25) is 11.9 Å². The zero-order chi connectivity index (χ0) is 27.0. The average molecular weight is 514 g/mol. The van der Waals surface area contributed by atoms with Crippen molar-refractivity contribution in [2.24, 2.45) is 10.9 Å². The van der Waals surface area contributed by atoms with Crippen LogP contribution >= 0.6 is 0 Å². The molecule has 4 heterocycles. The Kier molecular flexibility index (Phi) is 10.1. The van der Waals surface area contributed by atoms with Crippen LogP contribution < -0.4 is 10.6 Å². The van der Waals surface area contributed by atoms with Gasteiger partial charge in [-0.2, -0.15) is 0 Å². The summed E-state index contributed by atoms with van der Waals surface area (Å²) in [7, 11) is 0. The van der Waals surface area contributed by atoms with Crippen LogP contribution in [0.25, 0.3) is 16.8 Å². The smallest absolute Gasteiger partial charge is 0.248 e. The molecule has 1 aliphatic heterocycles. The molecule has 0 spiro atoms. The Morgan fingerprint density at radius 2 is 1.86 bits per heavy atom. The average Bonchev–Trinajstić information content (AvgIpc) is 3.26. The van der Waals surface area contributed by atoms with E-state index in [1.165, 1.54) is 19.5 Å².